The first-order valence-electron chi connectivity index (χ1n) is 3.46. The highest BCUT2D eigenvalue weighted by atomic mass is 19.1. The van der Waals surface area contributed by atoms with Crippen LogP contribution in [0, 0.1) is 19.7 Å². The van der Waals surface area contributed by atoms with Crippen molar-refractivity contribution in [1.82, 2.24) is 0 Å². The van der Waals surface area contributed by atoms with Crippen LogP contribution in [0.15, 0.2) is 24.3 Å². The SMILES string of the molecule is [CH2]C=Cc1ccc(F)c(C)c1. The molecule has 1 heteroatoms. The Balaban J connectivity index is 3.05. The zero-order chi connectivity index (χ0) is 8.27. The molecule has 1 rings (SSSR count). The van der Waals surface area contributed by atoms with Gasteiger partial charge in [0.2, 0.25) is 0 Å². The number of halogens is 1. The second-order valence-corrected chi connectivity index (χ2v) is 2.41. The number of benzene rings is 1. The molecule has 0 fully saturated rings. The van der Waals surface area contributed by atoms with Crippen LogP contribution in [0.5, 0.6) is 0 Å². The topological polar surface area (TPSA) is 0 Å². The predicted octanol–water partition coefficient (Wildman–Crippen LogP) is 2.98. The Kier molecular flexibility index (Phi) is 2.42. The highest BCUT2D eigenvalue weighted by molar-refractivity contribution is 5.50. The lowest BCUT2D eigenvalue weighted by molar-refractivity contribution is 0.618. The molecule has 11 heavy (non-hydrogen) atoms. The van der Waals surface area contributed by atoms with E-state index in [4.69, 9.17) is 0 Å². The minimum atomic E-state index is -0.161. The van der Waals surface area contributed by atoms with Crippen LogP contribution in [-0.4, -0.2) is 0 Å². The molecule has 0 aliphatic rings. The number of hydrogen-bond donors (Lipinski definition) is 0. The molecule has 0 N–H and O–H groups in total. The predicted molar refractivity (Wildman–Crippen MR) is 45.5 cm³/mol. The van der Waals surface area contributed by atoms with Gasteiger partial charge < -0.3 is 0 Å². The fraction of sp³-hybridized carbons (Fsp3) is 0.100. The summed E-state index contributed by atoms with van der Waals surface area (Å²) in [5, 5.41) is 0. The zero-order valence-electron chi connectivity index (χ0n) is 6.47. The first-order chi connectivity index (χ1) is 5.24. The van der Waals surface area contributed by atoms with Gasteiger partial charge in [0.05, 0.1) is 0 Å². The fourth-order valence-corrected chi connectivity index (χ4v) is 0.908. The van der Waals surface area contributed by atoms with E-state index >= 15 is 0 Å². The van der Waals surface area contributed by atoms with Gasteiger partial charge in [0.15, 0.2) is 0 Å². The van der Waals surface area contributed by atoms with E-state index in [1.807, 2.05) is 6.08 Å². The average molecular weight is 149 g/mol. The maximum absolute atomic E-state index is 12.7. The molecule has 0 nitrogen and oxygen atoms in total. The molecule has 1 aromatic rings. The molecule has 0 amide bonds. The van der Waals surface area contributed by atoms with Gasteiger partial charge in [0.25, 0.3) is 0 Å². The van der Waals surface area contributed by atoms with Crippen molar-refractivity contribution in [2.75, 3.05) is 0 Å². The third kappa shape index (κ3) is 1.90. The van der Waals surface area contributed by atoms with Crippen molar-refractivity contribution in [2.24, 2.45) is 0 Å². The van der Waals surface area contributed by atoms with Crippen LogP contribution >= 0.6 is 0 Å². The summed E-state index contributed by atoms with van der Waals surface area (Å²) in [5.74, 6) is -0.161. The average Bonchev–Trinajstić information content (AvgIpc) is 1.98. The summed E-state index contributed by atoms with van der Waals surface area (Å²) >= 11 is 0. The van der Waals surface area contributed by atoms with Crippen LogP contribution in [0.25, 0.3) is 6.08 Å². The highest BCUT2D eigenvalue weighted by Crippen LogP contribution is 2.09. The van der Waals surface area contributed by atoms with Gasteiger partial charge in [0, 0.05) is 0 Å². The summed E-state index contributed by atoms with van der Waals surface area (Å²) in [5.41, 5.74) is 1.65. The van der Waals surface area contributed by atoms with Crippen LogP contribution in [-0.2, 0) is 0 Å². The van der Waals surface area contributed by atoms with Gasteiger partial charge in [0.1, 0.15) is 5.82 Å². The van der Waals surface area contributed by atoms with E-state index in [0.717, 1.165) is 5.56 Å². The van der Waals surface area contributed by atoms with Crippen molar-refractivity contribution >= 4 is 6.08 Å². The molecular weight excluding hydrogens is 139 g/mol. The third-order valence-electron chi connectivity index (χ3n) is 1.49. The van der Waals surface area contributed by atoms with E-state index in [1.54, 1.807) is 25.1 Å². The quantitative estimate of drug-likeness (QED) is 0.575. The molecule has 1 radical (unpaired) electrons. The Labute approximate surface area is 66.4 Å². The Morgan fingerprint density at radius 3 is 2.73 bits per heavy atom. The second-order valence-electron chi connectivity index (χ2n) is 2.41. The lowest BCUT2D eigenvalue weighted by Crippen LogP contribution is -1.81. The fourth-order valence-electron chi connectivity index (χ4n) is 0.908. The van der Waals surface area contributed by atoms with Crippen molar-refractivity contribution in [1.29, 1.82) is 0 Å². The number of allylic oxidation sites excluding steroid dienone is 1. The molecule has 0 atom stereocenters. The van der Waals surface area contributed by atoms with Gasteiger partial charge in [-0.15, -0.1) is 0 Å². The van der Waals surface area contributed by atoms with E-state index in [-0.39, 0.29) is 5.82 Å². The Bertz CT molecular complexity index is 274. The lowest BCUT2D eigenvalue weighted by Gasteiger charge is -1.96. The molecule has 1 aromatic carbocycles. The Hall–Kier alpha value is -1.11. The summed E-state index contributed by atoms with van der Waals surface area (Å²) in [6.45, 7) is 5.30. The Morgan fingerprint density at radius 2 is 2.18 bits per heavy atom. The second kappa shape index (κ2) is 3.33. The molecule has 57 valence electrons. The van der Waals surface area contributed by atoms with Crippen LogP contribution in [0.1, 0.15) is 11.1 Å². The maximum Gasteiger partial charge on any atom is 0.126 e. The van der Waals surface area contributed by atoms with Gasteiger partial charge in [-0.05, 0) is 37.1 Å². The number of aryl methyl sites for hydroxylation is 1. The largest absolute Gasteiger partial charge is 0.207 e. The normalized spacial score (nSPS) is 10.8. The molecule has 0 saturated carbocycles. The highest BCUT2D eigenvalue weighted by Gasteiger charge is 1.94. The minimum Gasteiger partial charge on any atom is -0.207 e. The molecule has 0 spiro atoms. The van der Waals surface area contributed by atoms with E-state index in [0.29, 0.717) is 5.56 Å². The lowest BCUT2D eigenvalue weighted by atomic mass is 10.1. The van der Waals surface area contributed by atoms with Gasteiger partial charge in [-0.3, -0.25) is 0 Å². The van der Waals surface area contributed by atoms with Gasteiger partial charge in [-0.25, -0.2) is 4.39 Å². The molecule has 0 aliphatic heterocycles. The molecule has 0 aliphatic carbocycles. The van der Waals surface area contributed by atoms with E-state index in [2.05, 4.69) is 6.92 Å². The van der Waals surface area contributed by atoms with Crippen molar-refractivity contribution in [3.8, 4) is 0 Å². The summed E-state index contributed by atoms with van der Waals surface area (Å²) in [7, 11) is 0. The van der Waals surface area contributed by atoms with Gasteiger partial charge in [-0.1, -0.05) is 18.2 Å². The van der Waals surface area contributed by atoms with Crippen molar-refractivity contribution in [3.05, 3.63) is 48.1 Å². The van der Waals surface area contributed by atoms with E-state index in [1.165, 1.54) is 6.07 Å². The van der Waals surface area contributed by atoms with E-state index in [9.17, 15) is 4.39 Å². The van der Waals surface area contributed by atoms with Gasteiger partial charge >= 0.3 is 0 Å². The number of hydrogen-bond acceptors (Lipinski definition) is 0. The Morgan fingerprint density at radius 1 is 1.45 bits per heavy atom. The minimum absolute atomic E-state index is 0.161. The molecule has 0 heterocycles. The molecular formula is C10H10F. The third-order valence-corrected chi connectivity index (χ3v) is 1.49. The summed E-state index contributed by atoms with van der Waals surface area (Å²) in [6.07, 6.45) is 3.53. The van der Waals surface area contributed by atoms with Crippen molar-refractivity contribution in [2.45, 2.75) is 6.92 Å². The van der Waals surface area contributed by atoms with Crippen LogP contribution < -0.4 is 0 Å². The maximum atomic E-state index is 12.7. The molecule has 0 unspecified atom stereocenters. The first kappa shape index (κ1) is 7.99. The summed E-state index contributed by atoms with van der Waals surface area (Å²) in [6, 6.07) is 4.98. The summed E-state index contributed by atoms with van der Waals surface area (Å²) in [4.78, 5) is 0. The first-order valence-corrected chi connectivity index (χ1v) is 3.46. The number of rotatable bonds is 1. The molecule has 0 bridgehead atoms. The molecule has 0 aromatic heterocycles. The van der Waals surface area contributed by atoms with Crippen LogP contribution in [0.3, 0.4) is 0 Å². The molecule has 0 saturated heterocycles. The van der Waals surface area contributed by atoms with Gasteiger partial charge in [-0.2, -0.15) is 0 Å². The van der Waals surface area contributed by atoms with Crippen LogP contribution in [0.4, 0.5) is 4.39 Å². The van der Waals surface area contributed by atoms with Crippen LogP contribution in [0.2, 0.25) is 0 Å². The standard InChI is InChI=1S/C10H10F/c1-3-4-9-5-6-10(11)8(2)7-9/h3-7H,1H2,2H3. The van der Waals surface area contributed by atoms with Crippen molar-refractivity contribution in [3.63, 3.8) is 0 Å². The smallest absolute Gasteiger partial charge is 0.126 e. The zero-order valence-corrected chi connectivity index (χ0v) is 6.47. The van der Waals surface area contributed by atoms with Crippen molar-refractivity contribution < 1.29 is 4.39 Å². The summed E-state index contributed by atoms with van der Waals surface area (Å²) < 4.78 is 12.7. The van der Waals surface area contributed by atoms with E-state index < -0.39 is 0 Å². The monoisotopic (exact) mass is 149 g/mol.